The molecule has 0 aromatic heterocycles. The smallest absolute Gasteiger partial charge is 0.330 e. The maximum absolute atomic E-state index is 10.7. The Morgan fingerprint density at radius 1 is 0.371 bits per heavy atom. The Morgan fingerprint density at radius 2 is 0.685 bits per heavy atom. The monoisotopic (exact) mass is 1260 g/mol. The summed E-state index contributed by atoms with van der Waals surface area (Å²) in [6.45, 7) is 20.0. The van der Waals surface area contributed by atoms with E-state index in [-0.39, 0.29) is 13.5 Å². The predicted molar refractivity (Wildman–Crippen MR) is 374 cm³/mol. The number of hydrogen-bond donors (Lipinski definition) is 5. The lowest BCUT2D eigenvalue weighted by Crippen LogP contribution is -2.49. The predicted octanol–water partition coefficient (Wildman–Crippen LogP) is 15.6. The summed E-state index contributed by atoms with van der Waals surface area (Å²) in [7, 11) is 9.78. The van der Waals surface area contributed by atoms with Crippen molar-refractivity contribution in [3.8, 4) is 45.3 Å². The highest BCUT2D eigenvalue weighted by atomic mass is 79.9. The molecule has 2 aliphatic heterocycles. The van der Waals surface area contributed by atoms with Gasteiger partial charge in [0.1, 0.15) is 23.0 Å². The number of aliphatic hydroxyl groups is 5. The van der Waals surface area contributed by atoms with Crippen LogP contribution in [0.25, 0.3) is 43.8 Å². The number of ether oxygens (including phenoxy) is 2. The Balaban J connectivity index is 0.000000167. The highest BCUT2D eigenvalue weighted by Crippen LogP contribution is 2.65. The summed E-state index contributed by atoms with van der Waals surface area (Å²) in [4.78, 5) is 0. The minimum absolute atomic E-state index is 0. The zero-order valence-corrected chi connectivity index (χ0v) is 55.3. The Labute approximate surface area is 543 Å². The van der Waals surface area contributed by atoms with Gasteiger partial charge in [-0.25, -0.2) is 0 Å². The van der Waals surface area contributed by atoms with Gasteiger partial charge in [-0.15, -0.1) is 0 Å². The van der Waals surface area contributed by atoms with E-state index in [4.69, 9.17) is 34.6 Å². The van der Waals surface area contributed by atoms with Crippen LogP contribution in [-0.4, -0.2) is 82.1 Å². The van der Waals surface area contributed by atoms with Crippen LogP contribution in [0.2, 0.25) is 0 Å². The van der Waals surface area contributed by atoms with Crippen LogP contribution in [-0.2, 0) is 15.5 Å². The molecule has 13 heteroatoms. The summed E-state index contributed by atoms with van der Waals surface area (Å²) in [6, 6.07) is 73.5. The molecule has 5 radical (unpaired) electrons. The normalized spacial score (nSPS) is 14.1. The summed E-state index contributed by atoms with van der Waals surface area (Å²) >= 11 is 3.76. The second kappa shape index (κ2) is 24.7. The second-order valence-corrected chi connectivity index (χ2v) is 27.1. The van der Waals surface area contributed by atoms with E-state index >= 15 is 0 Å². The molecule has 0 bridgehead atoms. The van der Waals surface area contributed by atoms with Crippen LogP contribution in [0.1, 0.15) is 128 Å². The van der Waals surface area contributed by atoms with Crippen molar-refractivity contribution in [1.82, 2.24) is 0 Å². The highest BCUT2D eigenvalue weighted by Gasteiger charge is 2.54. The first-order chi connectivity index (χ1) is 41.5. The van der Waals surface area contributed by atoms with Gasteiger partial charge in [0.25, 0.3) is 0 Å². The van der Waals surface area contributed by atoms with Crippen molar-refractivity contribution in [2.75, 3.05) is 0 Å². The molecular weight excluding hydrogens is 1190 g/mol. The first-order valence-corrected chi connectivity index (χ1v) is 30.5. The number of rotatable bonds is 6. The molecule has 10 aromatic carbocycles. The largest absolute Gasteiger partial charge is 0.457 e. The maximum Gasteiger partial charge on any atom is 0.330 e. The van der Waals surface area contributed by atoms with Gasteiger partial charge in [-0.3, -0.25) is 0 Å². The second-order valence-electron chi connectivity index (χ2n) is 26.1. The van der Waals surface area contributed by atoms with E-state index in [0.29, 0.717) is 0 Å². The van der Waals surface area contributed by atoms with Crippen LogP contribution in [0.4, 0.5) is 0 Å². The molecule has 5 N–H and O–H groups in total. The van der Waals surface area contributed by atoms with Crippen molar-refractivity contribution in [1.29, 1.82) is 0 Å². The summed E-state index contributed by atoms with van der Waals surface area (Å²) in [5.41, 5.74) is 9.00. The van der Waals surface area contributed by atoms with Crippen LogP contribution in [0.5, 0.6) is 23.0 Å². The van der Waals surface area contributed by atoms with Crippen LogP contribution in [0.3, 0.4) is 0 Å². The molecule has 451 valence electrons. The lowest BCUT2D eigenvalue weighted by atomic mass is 9.64. The zero-order chi connectivity index (χ0) is 63.6. The molecule has 10 aromatic rings. The fourth-order valence-corrected chi connectivity index (χ4v) is 12.1. The average molecular weight is 1260 g/mol. The third-order valence-corrected chi connectivity index (χ3v) is 19.1. The van der Waals surface area contributed by atoms with Gasteiger partial charge in [0.15, 0.2) is 0 Å². The van der Waals surface area contributed by atoms with Gasteiger partial charge in [-0.05, 0) is 186 Å². The molecule has 4 aliphatic rings. The Hall–Kier alpha value is -6.90. The van der Waals surface area contributed by atoms with E-state index in [1.165, 1.54) is 77.2 Å². The molecule has 0 fully saturated rings. The standard InChI is InChI=1S/C35H30BO3.C29H17BrO.2C6H14O2.B2.H2S/c1-33(2,37)34(3,4)39-36-23-18-20-25-26-19-17-22-11-5-6-12-24(22)32(26)35(29(25)21-23)27-13-7-9-15-30(27)38-31-16-10-8-14-28(31)35;30-19-14-16-21-22-15-13-18-7-1-2-8-20(18)28(22)29(25(21)17-19)23-9-3-5-11-26(23)31-27-12-6-4-10-24(27)29;2*1-5(2,7)6(3,4)8;1-2;/h5-21,37H,1-4H3;1-17H;2*7-8H,1-4H3;;1H2. The lowest BCUT2D eigenvalue weighted by Gasteiger charge is -2.40. The van der Waals surface area contributed by atoms with E-state index in [0.717, 1.165) is 44.1 Å². The minimum Gasteiger partial charge on any atom is -0.457 e. The summed E-state index contributed by atoms with van der Waals surface area (Å²) < 4.78 is 20.2. The molecule has 8 nitrogen and oxygen atoms in total. The molecule has 2 spiro atoms. The molecular formula is C76H77B3BrO8S. The first kappa shape index (κ1) is 66.5. The molecule has 0 atom stereocenters. The molecule has 0 saturated heterocycles. The van der Waals surface area contributed by atoms with Gasteiger partial charge in [-0.1, -0.05) is 191 Å². The zero-order valence-electron chi connectivity index (χ0n) is 52.7. The van der Waals surface area contributed by atoms with E-state index < -0.39 is 44.4 Å². The molecule has 2 heterocycles. The molecule has 89 heavy (non-hydrogen) atoms. The minimum atomic E-state index is -1.01. The molecule has 2 aliphatic carbocycles. The van der Waals surface area contributed by atoms with E-state index in [2.05, 4.69) is 226 Å². The summed E-state index contributed by atoms with van der Waals surface area (Å²) in [5, 5.41) is 52.1. The van der Waals surface area contributed by atoms with Gasteiger partial charge in [-0.2, -0.15) is 13.5 Å². The van der Waals surface area contributed by atoms with E-state index in [9.17, 15) is 5.11 Å². The Morgan fingerprint density at radius 3 is 1.04 bits per heavy atom. The fraction of sp³-hybridized carbons (Fsp3) is 0.263. The molecule has 0 saturated carbocycles. The molecule has 0 amide bonds. The van der Waals surface area contributed by atoms with Gasteiger partial charge >= 0.3 is 7.48 Å². The van der Waals surface area contributed by atoms with Crippen LogP contribution >= 0.6 is 29.4 Å². The van der Waals surface area contributed by atoms with Crippen LogP contribution in [0.15, 0.2) is 211 Å². The fourth-order valence-electron chi connectivity index (χ4n) is 11.8. The Bertz CT molecular complexity index is 4100. The van der Waals surface area contributed by atoms with E-state index in [1.54, 1.807) is 76.7 Å². The van der Waals surface area contributed by atoms with E-state index in [1.807, 2.05) is 26.0 Å². The number of para-hydroxylation sites is 4. The third-order valence-electron chi connectivity index (χ3n) is 18.6. The van der Waals surface area contributed by atoms with Gasteiger partial charge < -0.3 is 39.7 Å². The van der Waals surface area contributed by atoms with Crippen LogP contribution in [0, 0.1) is 0 Å². The quantitative estimate of drug-likeness (QED) is 0.104. The van der Waals surface area contributed by atoms with Crippen molar-refractivity contribution < 1.29 is 39.7 Å². The maximum atomic E-state index is 10.7. The van der Waals surface area contributed by atoms with Gasteiger partial charge in [0.05, 0.1) is 44.4 Å². The first-order valence-electron chi connectivity index (χ1n) is 29.7. The number of halogens is 1. The summed E-state index contributed by atoms with van der Waals surface area (Å²) in [6.07, 6.45) is 0. The Kier molecular flexibility index (Phi) is 18.5. The van der Waals surface area contributed by atoms with Crippen molar-refractivity contribution in [3.63, 3.8) is 0 Å². The third kappa shape index (κ3) is 11.7. The lowest BCUT2D eigenvalue weighted by molar-refractivity contribution is -0.107. The summed E-state index contributed by atoms with van der Waals surface area (Å²) in [5.74, 6) is 3.59. The van der Waals surface area contributed by atoms with Gasteiger partial charge in [0.2, 0.25) is 0 Å². The van der Waals surface area contributed by atoms with Crippen molar-refractivity contribution in [2.45, 2.75) is 128 Å². The molecule has 14 rings (SSSR count). The number of benzene rings is 10. The van der Waals surface area contributed by atoms with Crippen molar-refractivity contribution in [2.24, 2.45) is 0 Å². The van der Waals surface area contributed by atoms with Crippen molar-refractivity contribution in [3.05, 3.63) is 255 Å². The van der Waals surface area contributed by atoms with Crippen molar-refractivity contribution >= 4 is 79.4 Å². The molecule has 0 unspecified atom stereocenters. The number of hydrogen-bond acceptors (Lipinski definition) is 8. The SMILES string of the molecule is Brc1ccc2c(c1)C1(c3ccccc3Oc3ccccc31)c1c-2ccc2ccccc12.CC(C)(O)C(C)(C)O.CC(C)(O)C(C)(C)O.CC(C)(O)C(C)(C)O[B]c1ccc2c(c1)C1(c3ccccc3Oc3ccccc31)c1c-2ccc2ccccc12.S.[B][B]. The van der Waals surface area contributed by atoms with Gasteiger partial charge in [0, 0.05) is 42.2 Å². The average Bonchev–Trinajstić information content (AvgIpc) is 1.59. The topological polar surface area (TPSA) is 129 Å². The highest BCUT2D eigenvalue weighted by molar-refractivity contribution is 9.10. The van der Waals surface area contributed by atoms with Crippen LogP contribution < -0.4 is 14.9 Å². The number of fused-ring (bicyclic) bond motifs is 22.